The molecule has 2 rings (SSSR count). The third-order valence-corrected chi connectivity index (χ3v) is 2.79. The molecule has 8 heteroatoms. The summed E-state index contributed by atoms with van der Waals surface area (Å²) in [4.78, 5) is 22.6. The maximum absolute atomic E-state index is 12.3. The lowest BCUT2D eigenvalue weighted by atomic mass is 9.92. The molecule has 0 aliphatic carbocycles. The van der Waals surface area contributed by atoms with Crippen molar-refractivity contribution in [2.24, 2.45) is 0 Å². The van der Waals surface area contributed by atoms with E-state index in [2.05, 4.69) is 10.1 Å². The number of amides is 1. The molecule has 108 valence electrons. The lowest BCUT2D eigenvalue weighted by molar-refractivity contribution is -0.0503. The smallest absolute Gasteiger partial charge is 0.412 e. The van der Waals surface area contributed by atoms with Gasteiger partial charge in [0.15, 0.2) is 0 Å². The van der Waals surface area contributed by atoms with Crippen molar-refractivity contribution in [1.29, 1.82) is 0 Å². The molecule has 2 N–H and O–H groups in total. The summed E-state index contributed by atoms with van der Waals surface area (Å²) in [5.41, 5.74) is -1.25. The fraction of sp³-hybridized carbons (Fsp3) is 0.333. The van der Waals surface area contributed by atoms with Crippen LogP contribution in [0.15, 0.2) is 12.1 Å². The first-order valence-corrected chi connectivity index (χ1v) is 5.57. The van der Waals surface area contributed by atoms with E-state index < -0.39 is 24.3 Å². The molecule has 1 aliphatic heterocycles. The second-order valence-corrected chi connectivity index (χ2v) is 4.60. The van der Waals surface area contributed by atoms with Gasteiger partial charge in [0.2, 0.25) is 0 Å². The zero-order chi connectivity index (χ0) is 15.1. The van der Waals surface area contributed by atoms with Gasteiger partial charge >= 0.3 is 18.7 Å². The van der Waals surface area contributed by atoms with Gasteiger partial charge in [0, 0.05) is 5.56 Å². The first-order valence-electron chi connectivity index (χ1n) is 5.57. The molecule has 1 heterocycles. The summed E-state index contributed by atoms with van der Waals surface area (Å²) in [5.74, 6) is -1.69. The van der Waals surface area contributed by atoms with E-state index in [1.54, 1.807) is 0 Å². The lowest BCUT2D eigenvalue weighted by Gasteiger charge is -2.33. The lowest BCUT2D eigenvalue weighted by Crippen LogP contribution is -2.35. The van der Waals surface area contributed by atoms with Crippen molar-refractivity contribution in [3.05, 3.63) is 23.3 Å². The van der Waals surface area contributed by atoms with Gasteiger partial charge in [-0.1, -0.05) is 0 Å². The van der Waals surface area contributed by atoms with Gasteiger partial charge in [0.05, 0.1) is 11.3 Å². The summed E-state index contributed by atoms with van der Waals surface area (Å²) in [6.45, 7) is -0.0537. The number of carbonyl (C=O) groups excluding carboxylic acids is 1. The number of rotatable bonds is 3. The van der Waals surface area contributed by atoms with E-state index in [1.807, 2.05) is 0 Å². The van der Waals surface area contributed by atoms with Gasteiger partial charge in [0.25, 0.3) is 0 Å². The Labute approximate surface area is 112 Å². The van der Waals surface area contributed by atoms with Gasteiger partial charge in [0.1, 0.15) is 11.4 Å². The number of carboxylic acids is 1. The summed E-state index contributed by atoms with van der Waals surface area (Å²) < 4.78 is 33.8. The molecule has 0 atom stereocenters. The van der Waals surface area contributed by atoms with E-state index in [0.717, 1.165) is 6.07 Å². The number of fused-ring (bicyclic) bond motifs is 1. The number of halogens is 2. The van der Waals surface area contributed by atoms with Crippen LogP contribution in [0.3, 0.4) is 0 Å². The molecule has 0 saturated heterocycles. The monoisotopic (exact) mass is 287 g/mol. The first kappa shape index (κ1) is 14.0. The number of hydrogen-bond donors (Lipinski definition) is 2. The van der Waals surface area contributed by atoms with E-state index in [0.29, 0.717) is 0 Å². The second-order valence-electron chi connectivity index (χ2n) is 4.60. The predicted molar refractivity (Wildman–Crippen MR) is 63.2 cm³/mol. The quantitative estimate of drug-likeness (QED) is 0.892. The summed E-state index contributed by atoms with van der Waals surface area (Å²) in [6.07, 6.45) is -0.812. The Morgan fingerprint density at radius 1 is 1.45 bits per heavy atom. The van der Waals surface area contributed by atoms with Gasteiger partial charge in [-0.05, 0) is 26.0 Å². The molecule has 0 bridgehead atoms. The molecule has 0 fully saturated rings. The highest BCUT2D eigenvalue weighted by Crippen LogP contribution is 2.40. The number of alkyl halides is 2. The number of aromatic carboxylic acids is 1. The molecular weight excluding hydrogens is 276 g/mol. The third-order valence-electron chi connectivity index (χ3n) is 2.79. The molecule has 1 aliphatic rings. The average molecular weight is 287 g/mol. The van der Waals surface area contributed by atoms with E-state index in [1.165, 1.54) is 19.9 Å². The Bertz CT molecular complexity index is 585. The van der Waals surface area contributed by atoms with Crippen LogP contribution in [-0.4, -0.2) is 23.8 Å². The van der Waals surface area contributed by atoms with Crippen molar-refractivity contribution in [1.82, 2.24) is 0 Å². The molecule has 1 aromatic rings. The molecule has 20 heavy (non-hydrogen) atoms. The van der Waals surface area contributed by atoms with E-state index in [4.69, 9.17) is 9.84 Å². The maximum atomic E-state index is 12.3. The number of hydrogen-bond acceptors (Lipinski definition) is 4. The zero-order valence-corrected chi connectivity index (χ0v) is 10.6. The number of benzene rings is 1. The van der Waals surface area contributed by atoms with Crippen LogP contribution < -0.4 is 10.1 Å². The van der Waals surface area contributed by atoms with Crippen LogP contribution in [-0.2, 0) is 10.3 Å². The Hall–Kier alpha value is -2.38. The molecule has 0 spiro atoms. The molecule has 0 saturated carbocycles. The van der Waals surface area contributed by atoms with Crippen molar-refractivity contribution in [2.75, 3.05) is 5.32 Å². The van der Waals surface area contributed by atoms with Gasteiger partial charge in [-0.3, -0.25) is 5.32 Å². The highest BCUT2D eigenvalue weighted by atomic mass is 19.3. The molecule has 0 aromatic heterocycles. The minimum absolute atomic E-state index is 0.0142. The molecular formula is C12H11F2NO5. The van der Waals surface area contributed by atoms with E-state index in [9.17, 15) is 18.4 Å². The normalized spacial score (nSPS) is 16.1. The number of carboxylic acid groups (broad SMARTS) is 1. The van der Waals surface area contributed by atoms with Crippen molar-refractivity contribution in [3.63, 3.8) is 0 Å². The topological polar surface area (TPSA) is 84.9 Å². The standard InChI is InChI=1S/C12H11F2NO5/c1-12(2)7-4-5(19-10(13)14)3-6(9(16)17)8(7)15-11(18)20-12/h3-4,10H,1-2H3,(H,15,18)(H,16,17). The summed E-state index contributed by atoms with van der Waals surface area (Å²) >= 11 is 0. The molecule has 1 amide bonds. The highest BCUT2D eigenvalue weighted by Gasteiger charge is 2.36. The fourth-order valence-electron chi connectivity index (χ4n) is 1.98. The Kier molecular flexibility index (Phi) is 3.24. The molecule has 0 radical (unpaired) electrons. The van der Waals surface area contributed by atoms with Crippen molar-refractivity contribution >= 4 is 17.7 Å². The van der Waals surface area contributed by atoms with Crippen LogP contribution in [0.5, 0.6) is 5.75 Å². The maximum Gasteiger partial charge on any atom is 0.412 e. The highest BCUT2D eigenvalue weighted by molar-refractivity contribution is 6.01. The van der Waals surface area contributed by atoms with E-state index >= 15 is 0 Å². The second kappa shape index (κ2) is 4.62. The van der Waals surface area contributed by atoms with Crippen LogP contribution in [0, 0.1) is 0 Å². The van der Waals surface area contributed by atoms with Gasteiger partial charge < -0.3 is 14.6 Å². The number of anilines is 1. The Morgan fingerprint density at radius 2 is 2.10 bits per heavy atom. The largest absolute Gasteiger partial charge is 0.478 e. The summed E-state index contributed by atoms with van der Waals surface area (Å²) in [7, 11) is 0. The first-order chi connectivity index (χ1) is 9.20. The predicted octanol–water partition coefficient (Wildman–Crippen LogP) is 2.78. The minimum Gasteiger partial charge on any atom is -0.478 e. The van der Waals surface area contributed by atoms with Crippen LogP contribution in [0.2, 0.25) is 0 Å². The third kappa shape index (κ3) is 2.49. The summed E-state index contributed by atoms with van der Waals surface area (Å²) in [6, 6.07) is 2.14. The fourth-order valence-corrected chi connectivity index (χ4v) is 1.98. The SMILES string of the molecule is CC1(C)OC(=O)Nc2c(C(=O)O)cc(OC(F)F)cc21. The number of ether oxygens (including phenoxy) is 2. The van der Waals surface area contributed by atoms with Crippen molar-refractivity contribution in [2.45, 2.75) is 26.1 Å². The summed E-state index contributed by atoms with van der Waals surface area (Å²) in [5, 5.41) is 11.4. The van der Waals surface area contributed by atoms with Gasteiger partial charge in [-0.2, -0.15) is 8.78 Å². The number of nitrogens with one attached hydrogen (secondary N) is 1. The van der Waals surface area contributed by atoms with Crippen LogP contribution in [0.4, 0.5) is 19.3 Å². The van der Waals surface area contributed by atoms with Crippen molar-refractivity contribution < 1.29 is 33.0 Å². The van der Waals surface area contributed by atoms with E-state index in [-0.39, 0.29) is 22.6 Å². The Morgan fingerprint density at radius 3 is 2.65 bits per heavy atom. The minimum atomic E-state index is -3.09. The molecule has 6 nitrogen and oxygen atoms in total. The molecule has 1 aromatic carbocycles. The van der Waals surface area contributed by atoms with Crippen molar-refractivity contribution in [3.8, 4) is 5.75 Å². The molecule has 0 unspecified atom stereocenters. The van der Waals surface area contributed by atoms with Gasteiger partial charge in [-0.25, -0.2) is 9.59 Å². The number of carbonyl (C=O) groups is 2. The number of cyclic esters (lactones) is 1. The van der Waals surface area contributed by atoms with Crippen LogP contribution in [0.1, 0.15) is 29.8 Å². The average Bonchev–Trinajstić information content (AvgIpc) is 2.27. The Balaban J connectivity index is 2.64. The van der Waals surface area contributed by atoms with Crippen LogP contribution in [0.25, 0.3) is 0 Å². The van der Waals surface area contributed by atoms with Gasteiger partial charge in [-0.15, -0.1) is 0 Å². The van der Waals surface area contributed by atoms with Crippen LogP contribution >= 0.6 is 0 Å². The zero-order valence-electron chi connectivity index (χ0n) is 10.6.